The second-order valence-corrected chi connectivity index (χ2v) is 6.76. The van der Waals surface area contributed by atoms with E-state index in [1.165, 1.54) is 5.56 Å². The Morgan fingerprint density at radius 2 is 1.93 bits per heavy atom. The highest BCUT2D eigenvalue weighted by atomic mass is 16.5. The normalized spacial score (nSPS) is 16.9. The lowest BCUT2D eigenvalue weighted by Gasteiger charge is -2.36. The maximum absolute atomic E-state index is 5.82. The maximum atomic E-state index is 5.82. The highest BCUT2D eigenvalue weighted by Crippen LogP contribution is 2.23. The largest absolute Gasteiger partial charge is 0.469 e. The van der Waals surface area contributed by atoms with Crippen LogP contribution in [0.4, 0.5) is 0 Å². The van der Waals surface area contributed by atoms with E-state index in [9.17, 15) is 0 Å². The predicted octanol–water partition coefficient (Wildman–Crippen LogP) is 2.75. The van der Waals surface area contributed by atoms with Crippen LogP contribution in [-0.2, 0) is 22.4 Å². The Bertz CT molecular complexity index is 680. The van der Waals surface area contributed by atoms with Crippen LogP contribution >= 0.6 is 0 Å². The summed E-state index contributed by atoms with van der Waals surface area (Å²) in [6, 6.07) is 14.1. The van der Waals surface area contributed by atoms with Gasteiger partial charge in [-0.05, 0) is 17.7 Å². The summed E-state index contributed by atoms with van der Waals surface area (Å²) in [4.78, 5) is 4.74. The fraction of sp³-hybridized carbons (Fsp3) is 0.476. The van der Waals surface area contributed by atoms with Gasteiger partial charge >= 0.3 is 0 Å². The average Bonchev–Trinajstić information content (AvgIpc) is 3.24. The minimum Gasteiger partial charge on any atom is -0.469 e. The van der Waals surface area contributed by atoms with Gasteiger partial charge in [0.25, 0.3) is 0 Å². The van der Waals surface area contributed by atoms with Crippen LogP contribution in [0.5, 0.6) is 0 Å². The lowest BCUT2D eigenvalue weighted by atomic mass is 9.94. The summed E-state index contributed by atoms with van der Waals surface area (Å²) in [7, 11) is 1.78. The lowest BCUT2D eigenvalue weighted by molar-refractivity contribution is -0.0855. The first-order valence-corrected chi connectivity index (χ1v) is 9.51. The van der Waals surface area contributed by atoms with Crippen molar-refractivity contribution in [3.8, 4) is 0 Å². The fourth-order valence-corrected chi connectivity index (χ4v) is 3.13. The van der Waals surface area contributed by atoms with Crippen molar-refractivity contribution >= 4 is 5.96 Å². The molecule has 0 atom stereocenters. The Hall–Kier alpha value is -2.31. The van der Waals surface area contributed by atoms with Gasteiger partial charge < -0.3 is 24.5 Å². The topological polar surface area (TPSA) is 68.0 Å². The predicted molar refractivity (Wildman–Crippen MR) is 106 cm³/mol. The van der Waals surface area contributed by atoms with Gasteiger partial charge in [0.1, 0.15) is 5.76 Å². The van der Waals surface area contributed by atoms with Gasteiger partial charge in [-0.1, -0.05) is 30.3 Å². The van der Waals surface area contributed by atoms with Gasteiger partial charge in [0.05, 0.1) is 18.4 Å². The second kappa shape index (κ2) is 10.1. The number of hydrogen-bond acceptors (Lipinski definition) is 4. The number of nitrogens with one attached hydrogen (secondary N) is 2. The molecule has 2 heterocycles. The third kappa shape index (κ3) is 6.12. The molecule has 1 aliphatic heterocycles. The van der Waals surface area contributed by atoms with E-state index in [0.717, 1.165) is 50.7 Å². The Morgan fingerprint density at radius 1 is 1.11 bits per heavy atom. The van der Waals surface area contributed by atoms with Crippen LogP contribution in [0.3, 0.4) is 0 Å². The van der Waals surface area contributed by atoms with Gasteiger partial charge in [-0.3, -0.25) is 0 Å². The van der Waals surface area contributed by atoms with E-state index in [4.69, 9.17) is 18.9 Å². The Labute approximate surface area is 161 Å². The summed E-state index contributed by atoms with van der Waals surface area (Å²) in [5, 5.41) is 6.86. The third-order valence-corrected chi connectivity index (χ3v) is 4.92. The Kier molecular flexibility index (Phi) is 7.30. The number of nitrogens with zero attached hydrogens (tertiary/aromatic N) is 1. The van der Waals surface area contributed by atoms with Crippen molar-refractivity contribution in [2.24, 2.45) is 4.99 Å². The van der Waals surface area contributed by atoms with E-state index >= 15 is 0 Å². The van der Waals surface area contributed by atoms with Gasteiger partial charge in [0, 0.05) is 52.7 Å². The quantitative estimate of drug-likeness (QED) is 0.552. The molecule has 6 heteroatoms. The highest BCUT2D eigenvalue weighted by molar-refractivity contribution is 5.79. The number of rotatable bonds is 8. The van der Waals surface area contributed by atoms with Gasteiger partial charge in [0.2, 0.25) is 0 Å². The molecule has 0 aliphatic carbocycles. The molecule has 6 nitrogen and oxygen atoms in total. The summed E-state index contributed by atoms with van der Waals surface area (Å²) in [6.07, 6.45) is 4.28. The molecule has 0 bridgehead atoms. The fourth-order valence-electron chi connectivity index (χ4n) is 3.13. The molecule has 0 unspecified atom stereocenters. The van der Waals surface area contributed by atoms with Crippen molar-refractivity contribution in [3.05, 3.63) is 60.1 Å². The summed E-state index contributed by atoms with van der Waals surface area (Å²) >= 11 is 0. The Balaban J connectivity index is 1.58. The minimum absolute atomic E-state index is 0.200. The zero-order chi connectivity index (χ0) is 18.8. The van der Waals surface area contributed by atoms with Crippen LogP contribution in [0.15, 0.2) is 58.1 Å². The Morgan fingerprint density at radius 3 is 2.63 bits per heavy atom. The van der Waals surface area contributed by atoms with Crippen LogP contribution < -0.4 is 10.6 Å². The average molecular weight is 371 g/mol. The number of aliphatic imine (C=N–C) groups is 1. The number of ether oxygens (including phenoxy) is 2. The molecule has 1 aliphatic rings. The monoisotopic (exact) mass is 371 g/mol. The number of benzene rings is 1. The van der Waals surface area contributed by atoms with Crippen LogP contribution in [0.1, 0.15) is 24.2 Å². The molecule has 0 spiro atoms. The van der Waals surface area contributed by atoms with E-state index in [2.05, 4.69) is 22.8 Å². The molecular weight excluding hydrogens is 342 g/mol. The van der Waals surface area contributed by atoms with Gasteiger partial charge in [-0.15, -0.1) is 0 Å². The highest BCUT2D eigenvalue weighted by Gasteiger charge is 2.32. The molecule has 3 rings (SSSR count). The molecule has 0 saturated carbocycles. The molecule has 146 valence electrons. The van der Waals surface area contributed by atoms with Crippen molar-refractivity contribution in [1.29, 1.82) is 0 Å². The maximum Gasteiger partial charge on any atom is 0.191 e. The zero-order valence-corrected chi connectivity index (χ0v) is 15.9. The molecule has 1 aromatic carbocycles. The zero-order valence-electron chi connectivity index (χ0n) is 15.9. The van der Waals surface area contributed by atoms with Gasteiger partial charge in [-0.2, -0.15) is 0 Å². The van der Waals surface area contributed by atoms with E-state index in [1.54, 1.807) is 13.4 Å². The summed E-state index contributed by atoms with van der Waals surface area (Å²) in [5.41, 5.74) is 0.978. The van der Waals surface area contributed by atoms with Crippen molar-refractivity contribution in [3.63, 3.8) is 0 Å². The van der Waals surface area contributed by atoms with Crippen LogP contribution in [0.25, 0.3) is 0 Å². The molecule has 1 aromatic heterocycles. The second-order valence-electron chi connectivity index (χ2n) is 6.76. The number of hydrogen-bond donors (Lipinski definition) is 2. The molecule has 0 amide bonds. The smallest absolute Gasteiger partial charge is 0.191 e. The van der Waals surface area contributed by atoms with Crippen molar-refractivity contribution < 1.29 is 13.9 Å². The van der Waals surface area contributed by atoms with E-state index < -0.39 is 0 Å². The van der Waals surface area contributed by atoms with E-state index in [0.29, 0.717) is 13.1 Å². The first-order chi connectivity index (χ1) is 13.3. The molecule has 0 radical (unpaired) electrons. The molecule has 2 N–H and O–H groups in total. The summed E-state index contributed by atoms with van der Waals surface area (Å²) < 4.78 is 16.7. The SMILES string of the molecule is COC1(CNC(=NCc2ccccc2)NCCc2ccco2)CCOCC1. The van der Waals surface area contributed by atoms with Crippen LogP contribution in [0.2, 0.25) is 0 Å². The molecule has 1 saturated heterocycles. The van der Waals surface area contributed by atoms with Crippen molar-refractivity contribution in [1.82, 2.24) is 10.6 Å². The van der Waals surface area contributed by atoms with Gasteiger partial charge in [-0.25, -0.2) is 4.99 Å². The van der Waals surface area contributed by atoms with Crippen molar-refractivity contribution in [2.75, 3.05) is 33.4 Å². The number of guanidine groups is 1. The minimum atomic E-state index is -0.200. The molecule has 27 heavy (non-hydrogen) atoms. The van der Waals surface area contributed by atoms with Crippen LogP contribution in [-0.4, -0.2) is 45.0 Å². The first kappa shape index (κ1) is 19.5. The lowest BCUT2D eigenvalue weighted by Crippen LogP contribution is -2.51. The van der Waals surface area contributed by atoms with Gasteiger partial charge in [0.15, 0.2) is 5.96 Å². The summed E-state index contributed by atoms with van der Waals surface area (Å²) in [6.45, 7) is 3.54. The number of methoxy groups -OCH3 is 1. The summed E-state index contributed by atoms with van der Waals surface area (Å²) in [5.74, 6) is 1.75. The number of furan rings is 1. The van der Waals surface area contributed by atoms with E-state index in [-0.39, 0.29) is 5.60 Å². The molecular formula is C21H29N3O3. The van der Waals surface area contributed by atoms with E-state index in [1.807, 2.05) is 30.3 Å². The first-order valence-electron chi connectivity index (χ1n) is 9.51. The van der Waals surface area contributed by atoms with Crippen LogP contribution in [0, 0.1) is 0 Å². The third-order valence-electron chi connectivity index (χ3n) is 4.92. The molecule has 2 aromatic rings. The van der Waals surface area contributed by atoms with Crippen molar-refractivity contribution in [2.45, 2.75) is 31.4 Å². The standard InChI is InChI=1S/C21H29N3O3/c1-25-21(10-14-26-15-11-21)17-24-20(22-12-9-19-8-5-13-27-19)23-16-18-6-3-2-4-7-18/h2-8,13H,9-12,14-17H2,1H3,(H2,22,23,24). The molecule has 1 fully saturated rings.